The zero-order chi connectivity index (χ0) is 24.5. The number of hydrazone groups is 1. The van der Waals surface area contributed by atoms with Crippen molar-refractivity contribution >= 4 is 62.8 Å². The van der Waals surface area contributed by atoms with Gasteiger partial charge >= 0.3 is 0 Å². The average Bonchev–Trinajstić information content (AvgIpc) is 2.80. The zero-order valence-corrected chi connectivity index (χ0v) is 20.8. The van der Waals surface area contributed by atoms with Crippen LogP contribution in [0.25, 0.3) is 0 Å². The molecule has 0 unspecified atom stereocenters. The SMILES string of the molecule is O=C(CCC(=O)Nc1ccccc1F)NN=Cc1ccc(OCc2ccc(Cl)cc2Cl)c(Br)c1. The van der Waals surface area contributed by atoms with E-state index >= 15 is 0 Å². The number of hydrogen-bond acceptors (Lipinski definition) is 4. The summed E-state index contributed by atoms with van der Waals surface area (Å²) in [6, 6.07) is 16.3. The summed E-state index contributed by atoms with van der Waals surface area (Å²) >= 11 is 15.5. The van der Waals surface area contributed by atoms with Crippen molar-refractivity contribution in [2.75, 3.05) is 5.32 Å². The molecule has 0 bridgehead atoms. The van der Waals surface area contributed by atoms with Crippen LogP contribution in [-0.2, 0) is 16.2 Å². The van der Waals surface area contributed by atoms with Gasteiger partial charge in [0.05, 0.1) is 16.4 Å². The van der Waals surface area contributed by atoms with E-state index in [0.717, 1.165) is 5.56 Å². The molecule has 2 N–H and O–H groups in total. The Morgan fingerprint density at radius 2 is 1.79 bits per heavy atom. The number of carbonyl (C=O) groups excluding carboxylic acids is 2. The third-order valence-electron chi connectivity index (χ3n) is 4.48. The molecule has 2 amide bonds. The molecule has 0 aliphatic carbocycles. The molecule has 0 heterocycles. The predicted molar refractivity (Wildman–Crippen MR) is 135 cm³/mol. The number of nitrogens with one attached hydrogen (secondary N) is 2. The molecule has 3 aromatic carbocycles. The lowest BCUT2D eigenvalue weighted by atomic mass is 10.2. The van der Waals surface area contributed by atoms with Gasteiger partial charge in [0, 0.05) is 28.5 Å². The first-order valence-corrected chi connectivity index (χ1v) is 11.6. The van der Waals surface area contributed by atoms with Crippen LogP contribution in [0.3, 0.4) is 0 Å². The lowest BCUT2D eigenvalue weighted by Crippen LogP contribution is -2.20. The van der Waals surface area contributed by atoms with E-state index in [0.29, 0.717) is 25.8 Å². The van der Waals surface area contributed by atoms with E-state index in [1.807, 2.05) is 0 Å². The van der Waals surface area contributed by atoms with Gasteiger partial charge < -0.3 is 10.1 Å². The van der Waals surface area contributed by atoms with Crippen molar-refractivity contribution < 1.29 is 18.7 Å². The minimum Gasteiger partial charge on any atom is -0.488 e. The highest BCUT2D eigenvalue weighted by Crippen LogP contribution is 2.28. The van der Waals surface area contributed by atoms with Crippen LogP contribution in [0.5, 0.6) is 5.75 Å². The van der Waals surface area contributed by atoms with Crippen molar-refractivity contribution in [3.05, 3.63) is 92.1 Å². The zero-order valence-electron chi connectivity index (χ0n) is 17.7. The molecule has 0 spiro atoms. The van der Waals surface area contributed by atoms with Crippen LogP contribution in [0.1, 0.15) is 24.0 Å². The highest BCUT2D eigenvalue weighted by molar-refractivity contribution is 9.10. The van der Waals surface area contributed by atoms with Gasteiger partial charge in [0.2, 0.25) is 11.8 Å². The van der Waals surface area contributed by atoms with Gasteiger partial charge in [-0.15, -0.1) is 0 Å². The molecule has 176 valence electrons. The summed E-state index contributed by atoms with van der Waals surface area (Å²) in [5.41, 5.74) is 3.94. The van der Waals surface area contributed by atoms with Crippen molar-refractivity contribution in [2.45, 2.75) is 19.4 Å². The van der Waals surface area contributed by atoms with E-state index in [-0.39, 0.29) is 25.1 Å². The number of benzene rings is 3. The van der Waals surface area contributed by atoms with Crippen molar-refractivity contribution in [3.63, 3.8) is 0 Å². The Balaban J connectivity index is 1.45. The molecule has 0 aliphatic rings. The second-order valence-corrected chi connectivity index (χ2v) is 8.73. The summed E-state index contributed by atoms with van der Waals surface area (Å²) in [6.07, 6.45) is 1.26. The molecule has 0 saturated carbocycles. The van der Waals surface area contributed by atoms with Crippen LogP contribution >= 0.6 is 39.1 Å². The third-order valence-corrected chi connectivity index (χ3v) is 5.69. The van der Waals surface area contributed by atoms with Gasteiger partial charge in [-0.25, -0.2) is 9.82 Å². The lowest BCUT2D eigenvalue weighted by molar-refractivity contribution is -0.124. The van der Waals surface area contributed by atoms with Crippen molar-refractivity contribution in [2.24, 2.45) is 5.10 Å². The first-order valence-electron chi connectivity index (χ1n) is 10.0. The smallest absolute Gasteiger partial charge is 0.240 e. The molecule has 3 rings (SSSR count). The first-order chi connectivity index (χ1) is 16.3. The number of para-hydroxylation sites is 1. The number of ether oxygens (including phenoxy) is 1. The molecule has 0 aromatic heterocycles. The number of anilines is 1. The molecule has 6 nitrogen and oxygen atoms in total. The number of halogens is 4. The maximum absolute atomic E-state index is 13.5. The minimum atomic E-state index is -0.541. The highest BCUT2D eigenvalue weighted by Gasteiger charge is 2.09. The number of rotatable bonds is 9. The normalized spacial score (nSPS) is 10.8. The van der Waals surface area contributed by atoms with Crippen LogP contribution in [0.15, 0.2) is 70.2 Å². The summed E-state index contributed by atoms with van der Waals surface area (Å²) in [5.74, 6) is -0.850. The maximum atomic E-state index is 13.5. The van der Waals surface area contributed by atoms with Gasteiger partial charge in [0.25, 0.3) is 0 Å². The predicted octanol–water partition coefficient (Wildman–Crippen LogP) is 6.34. The Kier molecular flexibility index (Phi) is 9.44. The fourth-order valence-electron chi connectivity index (χ4n) is 2.75. The number of amides is 2. The molecule has 34 heavy (non-hydrogen) atoms. The topological polar surface area (TPSA) is 79.8 Å². The summed E-state index contributed by atoms with van der Waals surface area (Å²) in [4.78, 5) is 23.8. The molecule has 3 aromatic rings. The fourth-order valence-corrected chi connectivity index (χ4v) is 3.72. The van der Waals surface area contributed by atoms with Crippen LogP contribution in [0, 0.1) is 5.82 Å². The van der Waals surface area contributed by atoms with Gasteiger partial charge in [-0.1, -0.05) is 41.4 Å². The van der Waals surface area contributed by atoms with Gasteiger partial charge in [-0.3, -0.25) is 9.59 Å². The molecule has 0 saturated heterocycles. The van der Waals surface area contributed by atoms with Gasteiger partial charge in [-0.05, 0) is 64.0 Å². The van der Waals surface area contributed by atoms with Crippen molar-refractivity contribution in [1.29, 1.82) is 0 Å². The van der Waals surface area contributed by atoms with Gasteiger partial charge in [0.1, 0.15) is 18.2 Å². The molecule has 0 radical (unpaired) electrons. The van der Waals surface area contributed by atoms with E-state index in [9.17, 15) is 14.0 Å². The Morgan fingerprint density at radius 3 is 2.53 bits per heavy atom. The summed E-state index contributed by atoms with van der Waals surface area (Å²) in [5, 5.41) is 7.39. The summed E-state index contributed by atoms with van der Waals surface area (Å²) in [6.45, 7) is 0.266. The Morgan fingerprint density at radius 1 is 1.03 bits per heavy atom. The molecule has 10 heteroatoms. The Labute approximate surface area is 214 Å². The van der Waals surface area contributed by atoms with Crippen LogP contribution in [-0.4, -0.2) is 18.0 Å². The van der Waals surface area contributed by atoms with Crippen molar-refractivity contribution in [3.8, 4) is 5.75 Å². The van der Waals surface area contributed by atoms with Crippen LogP contribution in [0.2, 0.25) is 10.0 Å². The van der Waals surface area contributed by atoms with E-state index in [1.54, 1.807) is 42.5 Å². The average molecular weight is 567 g/mol. The lowest BCUT2D eigenvalue weighted by Gasteiger charge is -2.10. The standard InChI is InChI=1S/C24H19BrCl2FN3O3/c25-18-11-15(5-8-22(18)34-14-16-6-7-17(26)12-19(16)27)13-29-31-24(33)10-9-23(32)30-21-4-2-1-3-20(21)28/h1-8,11-13H,9-10,14H2,(H,30,32)(H,31,33). The quantitative estimate of drug-likeness (QED) is 0.234. The molecular formula is C24H19BrCl2FN3O3. The minimum absolute atomic E-state index is 0.0696. The van der Waals surface area contributed by atoms with Crippen LogP contribution < -0.4 is 15.5 Å². The van der Waals surface area contributed by atoms with E-state index in [1.165, 1.54) is 24.4 Å². The van der Waals surface area contributed by atoms with Gasteiger partial charge in [0.15, 0.2) is 0 Å². The Bertz CT molecular complexity index is 1220. The monoisotopic (exact) mass is 565 g/mol. The van der Waals surface area contributed by atoms with Crippen LogP contribution in [0.4, 0.5) is 10.1 Å². The largest absolute Gasteiger partial charge is 0.488 e. The summed E-state index contributed by atoms with van der Waals surface area (Å²) < 4.78 is 20.0. The van der Waals surface area contributed by atoms with Gasteiger partial charge in [-0.2, -0.15) is 5.10 Å². The summed E-state index contributed by atoms with van der Waals surface area (Å²) in [7, 11) is 0. The van der Waals surface area contributed by atoms with E-state index < -0.39 is 17.6 Å². The first kappa shape index (κ1) is 25.7. The molecular weight excluding hydrogens is 548 g/mol. The fraction of sp³-hybridized carbons (Fsp3) is 0.125. The number of hydrogen-bond donors (Lipinski definition) is 2. The van der Waals surface area contributed by atoms with E-state index in [2.05, 4.69) is 31.8 Å². The van der Waals surface area contributed by atoms with Crippen molar-refractivity contribution in [1.82, 2.24) is 5.43 Å². The maximum Gasteiger partial charge on any atom is 0.240 e. The molecule has 0 aliphatic heterocycles. The third kappa shape index (κ3) is 7.83. The highest BCUT2D eigenvalue weighted by atomic mass is 79.9. The molecule has 0 atom stereocenters. The molecule has 0 fully saturated rings. The number of carbonyl (C=O) groups is 2. The number of nitrogens with zero attached hydrogens (tertiary/aromatic N) is 1. The second-order valence-electron chi connectivity index (χ2n) is 7.04. The van der Waals surface area contributed by atoms with E-state index in [4.69, 9.17) is 27.9 Å². The second kappa shape index (κ2) is 12.5. The Hall–Kier alpha value is -2.94.